The molecule has 150 valence electrons. The number of alkyl halides is 7. The molecule has 1 aliphatic heterocycles. The van der Waals surface area contributed by atoms with Crippen LogP contribution in [0.1, 0.15) is 25.0 Å². The number of aryl methyl sites for hydroxylation is 1. The molecule has 0 spiro atoms. The Morgan fingerprint density at radius 1 is 1.26 bits per heavy atom. The fourth-order valence-corrected chi connectivity index (χ4v) is 2.52. The van der Waals surface area contributed by atoms with Crippen LogP contribution in [0.2, 0.25) is 0 Å². The summed E-state index contributed by atoms with van der Waals surface area (Å²) >= 11 is 5.46. The molecule has 0 saturated heterocycles. The maximum absolute atomic E-state index is 13.3. The largest absolute Gasteiger partial charge is 0.573 e. The highest BCUT2D eigenvalue weighted by Gasteiger charge is 2.49. The van der Waals surface area contributed by atoms with Crippen LogP contribution in [0.3, 0.4) is 0 Å². The molecule has 2 atom stereocenters. The fraction of sp³-hybridized carbons (Fsp3) is 0.438. The summed E-state index contributed by atoms with van der Waals surface area (Å²) in [5, 5.41) is 0. The molecule has 1 aromatic carbocycles. The minimum Gasteiger partial charge on any atom is -0.475 e. The third-order valence-corrected chi connectivity index (χ3v) is 3.50. The van der Waals surface area contributed by atoms with Gasteiger partial charge in [0, 0.05) is 5.56 Å². The second-order valence-electron chi connectivity index (χ2n) is 5.49. The molecule has 1 unspecified atom stereocenters. The van der Waals surface area contributed by atoms with Gasteiger partial charge in [0.05, 0.1) is 5.57 Å². The zero-order valence-corrected chi connectivity index (χ0v) is 14.6. The van der Waals surface area contributed by atoms with Crippen molar-refractivity contribution in [2.75, 3.05) is 0 Å². The fourth-order valence-electron chi connectivity index (χ4n) is 2.44. The third kappa shape index (κ3) is 5.21. The maximum atomic E-state index is 13.3. The molecule has 0 amide bonds. The summed E-state index contributed by atoms with van der Waals surface area (Å²) in [6, 6.07) is 1.75. The van der Waals surface area contributed by atoms with Crippen LogP contribution in [0, 0.1) is 0 Å². The van der Waals surface area contributed by atoms with Gasteiger partial charge in [0.25, 0.3) is 0 Å². The van der Waals surface area contributed by atoms with Crippen molar-refractivity contribution in [2.45, 2.75) is 44.5 Å². The van der Waals surface area contributed by atoms with Crippen molar-refractivity contribution in [1.29, 1.82) is 0 Å². The van der Waals surface area contributed by atoms with Crippen LogP contribution in [-0.2, 0) is 16.0 Å². The summed E-state index contributed by atoms with van der Waals surface area (Å²) in [4.78, 5) is 12.0. The van der Waals surface area contributed by atoms with Crippen LogP contribution in [0.15, 0.2) is 17.7 Å². The van der Waals surface area contributed by atoms with Gasteiger partial charge in [-0.05, 0) is 37.1 Å². The Bertz CT molecular complexity index is 755. The molecular formula is C16H13ClF6O4. The zero-order valence-electron chi connectivity index (χ0n) is 13.9. The number of hydrogen-bond donors (Lipinski definition) is 0. The SMILES string of the molecule is CCc1cc(OC(F)(F)F)cc2c1O[C@H](C(F)(F)F)C(C(=O)OC(C)Cl)=C2. The first-order valence-corrected chi connectivity index (χ1v) is 7.98. The molecule has 4 nitrogen and oxygen atoms in total. The molecule has 0 fully saturated rings. The lowest BCUT2D eigenvalue weighted by Crippen LogP contribution is -2.41. The molecule has 2 rings (SSSR count). The summed E-state index contributed by atoms with van der Waals surface area (Å²) in [7, 11) is 0. The predicted octanol–water partition coefficient (Wildman–Crippen LogP) is 4.98. The van der Waals surface area contributed by atoms with Gasteiger partial charge in [0.15, 0.2) is 5.56 Å². The summed E-state index contributed by atoms with van der Waals surface area (Å²) in [5.74, 6) is -2.34. The van der Waals surface area contributed by atoms with E-state index in [0.717, 1.165) is 18.2 Å². The molecule has 0 aromatic heterocycles. The number of ether oxygens (including phenoxy) is 3. The second kappa shape index (κ2) is 7.49. The number of halogens is 7. The Morgan fingerprint density at radius 3 is 2.37 bits per heavy atom. The zero-order chi connectivity index (χ0) is 20.6. The lowest BCUT2D eigenvalue weighted by Gasteiger charge is -2.29. The molecule has 0 saturated carbocycles. The Morgan fingerprint density at radius 2 is 1.89 bits per heavy atom. The standard InChI is InChI=1S/C16H13ClF6O4/c1-3-8-4-10(27-16(21,22)23)5-9-6-11(14(24)25-7(2)17)13(15(18,19)20)26-12(8)9/h4-7,13H,3H2,1-2H3/t7?,13-/m0/s1. The predicted molar refractivity (Wildman–Crippen MR) is 82.4 cm³/mol. The van der Waals surface area contributed by atoms with E-state index in [1.165, 1.54) is 13.8 Å². The van der Waals surface area contributed by atoms with Gasteiger partial charge in [-0.25, -0.2) is 4.79 Å². The number of rotatable bonds is 4. The van der Waals surface area contributed by atoms with Gasteiger partial charge in [-0.1, -0.05) is 18.5 Å². The van der Waals surface area contributed by atoms with Gasteiger partial charge in [-0.2, -0.15) is 13.2 Å². The normalized spacial score (nSPS) is 18.1. The van der Waals surface area contributed by atoms with E-state index < -0.39 is 41.5 Å². The van der Waals surface area contributed by atoms with Crippen LogP contribution >= 0.6 is 11.6 Å². The molecular weight excluding hydrogens is 406 g/mol. The topological polar surface area (TPSA) is 44.8 Å². The highest BCUT2D eigenvalue weighted by Crippen LogP contribution is 2.42. The molecule has 0 aliphatic carbocycles. The van der Waals surface area contributed by atoms with Crippen molar-refractivity contribution in [2.24, 2.45) is 0 Å². The number of esters is 1. The Labute approximate surface area is 154 Å². The first kappa shape index (κ1) is 21.2. The van der Waals surface area contributed by atoms with Crippen LogP contribution in [0.25, 0.3) is 6.08 Å². The van der Waals surface area contributed by atoms with E-state index in [1.54, 1.807) is 0 Å². The molecule has 27 heavy (non-hydrogen) atoms. The van der Waals surface area contributed by atoms with Crippen molar-refractivity contribution >= 4 is 23.6 Å². The van der Waals surface area contributed by atoms with Crippen LogP contribution < -0.4 is 9.47 Å². The minimum atomic E-state index is -5.00. The quantitative estimate of drug-likeness (QED) is 0.393. The van der Waals surface area contributed by atoms with Crippen molar-refractivity contribution in [3.05, 3.63) is 28.8 Å². The number of benzene rings is 1. The first-order valence-electron chi connectivity index (χ1n) is 7.54. The van der Waals surface area contributed by atoms with Gasteiger partial charge in [0.1, 0.15) is 11.5 Å². The van der Waals surface area contributed by atoms with Gasteiger partial charge in [0.2, 0.25) is 6.10 Å². The summed E-state index contributed by atoms with van der Waals surface area (Å²) in [5.41, 5.74) is -2.29. The van der Waals surface area contributed by atoms with E-state index in [0.29, 0.717) is 0 Å². The van der Waals surface area contributed by atoms with E-state index in [4.69, 9.17) is 16.3 Å². The summed E-state index contributed by atoms with van der Waals surface area (Å²) < 4.78 is 90.8. The number of carbonyl (C=O) groups is 1. The van der Waals surface area contributed by atoms with E-state index in [9.17, 15) is 31.1 Å². The third-order valence-electron chi connectivity index (χ3n) is 3.41. The molecule has 0 radical (unpaired) electrons. The maximum Gasteiger partial charge on any atom is 0.573 e. The smallest absolute Gasteiger partial charge is 0.475 e. The van der Waals surface area contributed by atoms with Gasteiger partial charge in [-0.15, -0.1) is 13.2 Å². The van der Waals surface area contributed by atoms with Crippen molar-refractivity contribution in [3.8, 4) is 11.5 Å². The highest BCUT2D eigenvalue weighted by atomic mass is 35.5. The number of fused-ring (bicyclic) bond motifs is 1. The molecule has 1 heterocycles. The highest BCUT2D eigenvalue weighted by molar-refractivity contribution is 6.20. The van der Waals surface area contributed by atoms with Crippen LogP contribution in [-0.4, -0.2) is 30.2 Å². The molecule has 1 aliphatic rings. The monoisotopic (exact) mass is 418 g/mol. The van der Waals surface area contributed by atoms with Gasteiger partial charge < -0.3 is 14.2 Å². The van der Waals surface area contributed by atoms with Crippen LogP contribution in [0.4, 0.5) is 26.3 Å². The van der Waals surface area contributed by atoms with Crippen molar-refractivity contribution in [1.82, 2.24) is 0 Å². The van der Waals surface area contributed by atoms with Crippen molar-refractivity contribution < 1.29 is 45.3 Å². The lowest BCUT2D eigenvalue weighted by atomic mass is 9.97. The Kier molecular flexibility index (Phi) is 5.88. The van der Waals surface area contributed by atoms with E-state index in [2.05, 4.69) is 9.47 Å². The number of hydrogen-bond acceptors (Lipinski definition) is 4. The Balaban J connectivity index is 2.58. The summed E-state index contributed by atoms with van der Waals surface area (Å²) in [6.45, 7) is 2.73. The first-order chi connectivity index (χ1) is 12.3. The average molecular weight is 419 g/mol. The minimum absolute atomic E-state index is 0.0513. The molecule has 0 N–H and O–H groups in total. The lowest BCUT2D eigenvalue weighted by molar-refractivity contribution is -0.274. The molecule has 1 aromatic rings. The van der Waals surface area contributed by atoms with E-state index in [-0.39, 0.29) is 23.3 Å². The summed E-state index contributed by atoms with van der Waals surface area (Å²) in [6.07, 6.45) is -11.8. The van der Waals surface area contributed by atoms with Gasteiger partial charge in [-0.3, -0.25) is 0 Å². The number of carbonyl (C=O) groups excluding carboxylic acids is 1. The average Bonchev–Trinajstić information content (AvgIpc) is 2.49. The van der Waals surface area contributed by atoms with Crippen LogP contribution in [0.5, 0.6) is 11.5 Å². The van der Waals surface area contributed by atoms with Crippen molar-refractivity contribution in [3.63, 3.8) is 0 Å². The van der Waals surface area contributed by atoms with E-state index >= 15 is 0 Å². The molecule has 0 bridgehead atoms. The Hall–Kier alpha value is -2.10. The molecule has 11 heteroatoms. The van der Waals surface area contributed by atoms with Gasteiger partial charge >= 0.3 is 18.5 Å². The van der Waals surface area contributed by atoms with E-state index in [1.807, 2.05) is 0 Å². The second-order valence-corrected chi connectivity index (χ2v) is 6.10.